The third-order valence-electron chi connectivity index (χ3n) is 3.27. The van der Waals surface area contributed by atoms with Gasteiger partial charge in [0.05, 0.1) is 5.56 Å². The SMILES string of the molecule is Cc1ccnc(NCCC2CCOC2)c1C(N)=S. The van der Waals surface area contributed by atoms with Crippen LogP contribution in [0.1, 0.15) is 24.0 Å². The highest BCUT2D eigenvalue weighted by atomic mass is 32.1. The Kier molecular flexibility index (Phi) is 4.49. The second-order valence-corrected chi connectivity index (χ2v) is 5.10. The van der Waals surface area contributed by atoms with Gasteiger partial charge in [-0.1, -0.05) is 12.2 Å². The van der Waals surface area contributed by atoms with E-state index in [2.05, 4.69) is 10.3 Å². The molecular weight excluding hydrogens is 246 g/mol. The van der Waals surface area contributed by atoms with E-state index < -0.39 is 0 Å². The topological polar surface area (TPSA) is 60.2 Å². The quantitative estimate of drug-likeness (QED) is 0.796. The minimum Gasteiger partial charge on any atom is -0.389 e. The molecule has 0 spiro atoms. The minimum absolute atomic E-state index is 0.396. The summed E-state index contributed by atoms with van der Waals surface area (Å²) in [4.78, 5) is 4.71. The first kappa shape index (κ1) is 13.2. The van der Waals surface area contributed by atoms with Gasteiger partial charge in [-0.05, 0) is 37.3 Å². The monoisotopic (exact) mass is 265 g/mol. The molecule has 0 amide bonds. The molecule has 2 heterocycles. The zero-order valence-electron chi connectivity index (χ0n) is 10.6. The Morgan fingerprint density at radius 3 is 3.17 bits per heavy atom. The van der Waals surface area contributed by atoms with Crippen LogP contribution in [0.3, 0.4) is 0 Å². The molecule has 4 nitrogen and oxygen atoms in total. The van der Waals surface area contributed by atoms with Crippen LogP contribution in [0.2, 0.25) is 0 Å². The molecule has 1 saturated heterocycles. The van der Waals surface area contributed by atoms with Crippen molar-refractivity contribution in [3.8, 4) is 0 Å². The Bertz CT molecular complexity index is 430. The van der Waals surface area contributed by atoms with Crippen LogP contribution >= 0.6 is 12.2 Å². The van der Waals surface area contributed by atoms with Crippen molar-refractivity contribution in [1.29, 1.82) is 0 Å². The maximum absolute atomic E-state index is 5.74. The van der Waals surface area contributed by atoms with Crippen LogP contribution in [0, 0.1) is 12.8 Å². The molecule has 0 bridgehead atoms. The van der Waals surface area contributed by atoms with E-state index in [9.17, 15) is 0 Å². The van der Waals surface area contributed by atoms with Crippen molar-refractivity contribution in [2.45, 2.75) is 19.8 Å². The zero-order valence-corrected chi connectivity index (χ0v) is 11.4. The van der Waals surface area contributed by atoms with Gasteiger partial charge in [-0.25, -0.2) is 4.98 Å². The van der Waals surface area contributed by atoms with E-state index in [1.807, 2.05) is 13.0 Å². The average Bonchev–Trinajstić information content (AvgIpc) is 2.81. The molecule has 0 radical (unpaired) electrons. The lowest BCUT2D eigenvalue weighted by atomic mass is 10.1. The van der Waals surface area contributed by atoms with Crippen LogP contribution in [0.15, 0.2) is 12.3 Å². The Balaban J connectivity index is 1.96. The Morgan fingerprint density at radius 1 is 1.67 bits per heavy atom. The van der Waals surface area contributed by atoms with Crippen molar-refractivity contribution in [3.63, 3.8) is 0 Å². The van der Waals surface area contributed by atoms with E-state index in [4.69, 9.17) is 22.7 Å². The summed E-state index contributed by atoms with van der Waals surface area (Å²) in [5.41, 5.74) is 7.66. The highest BCUT2D eigenvalue weighted by molar-refractivity contribution is 7.80. The van der Waals surface area contributed by atoms with E-state index in [-0.39, 0.29) is 0 Å². The predicted octanol–water partition coefficient (Wildman–Crippen LogP) is 1.86. The van der Waals surface area contributed by atoms with Gasteiger partial charge < -0.3 is 15.8 Å². The molecule has 0 aliphatic carbocycles. The number of nitrogens with two attached hydrogens (primary N) is 1. The first-order chi connectivity index (χ1) is 8.68. The van der Waals surface area contributed by atoms with Gasteiger partial charge in [0.1, 0.15) is 10.8 Å². The summed E-state index contributed by atoms with van der Waals surface area (Å²) in [6, 6.07) is 1.92. The highest BCUT2D eigenvalue weighted by Gasteiger charge is 2.15. The second kappa shape index (κ2) is 6.11. The number of aryl methyl sites for hydroxylation is 1. The van der Waals surface area contributed by atoms with Gasteiger partial charge in [-0.15, -0.1) is 0 Å². The van der Waals surface area contributed by atoms with Crippen molar-refractivity contribution >= 4 is 23.0 Å². The minimum atomic E-state index is 0.396. The summed E-state index contributed by atoms with van der Waals surface area (Å²) in [6.07, 6.45) is 4.02. The Morgan fingerprint density at radius 2 is 2.50 bits per heavy atom. The van der Waals surface area contributed by atoms with Gasteiger partial charge in [0, 0.05) is 26.0 Å². The molecule has 0 saturated carbocycles. The molecule has 2 rings (SSSR count). The molecule has 5 heteroatoms. The lowest BCUT2D eigenvalue weighted by Crippen LogP contribution is -2.17. The molecule has 1 unspecified atom stereocenters. The standard InChI is InChI=1S/C13H19N3OS/c1-9-2-5-15-13(11(9)12(14)18)16-6-3-10-4-7-17-8-10/h2,5,10H,3-4,6-8H2,1H3,(H2,14,18)(H,15,16). The van der Waals surface area contributed by atoms with Crippen molar-refractivity contribution in [1.82, 2.24) is 4.98 Å². The number of nitrogens with zero attached hydrogens (tertiary/aromatic N) is 1. The number of anilines is 1. The summed E-state index contributed by atoms with van der Waals surface area (Å²) >= 11 is 5.07. The highest BCUT2D eigenvalue weighted by Crippen LogP contribution is 2.19. The molecule has 1 aliphatic rings. The molecule has 3 N–H and O–H groups in total. The molecule has 1 aromatic rings. The van der Waals surface area contributed by atoms with Crippen LogP contribution < -0.4 is 11.1 Å². The normalized spacial score (nSPS) is 18.8. The van der Waals surface area contributed by atoms with Crippen LogP contribution in [0.4, 0.5) is 5.82 Å². The molecule has 98 valence electrons. The second-order valence-electron chi connectivity index (χ2n) is 4.66. The number of ether oxygens (including phenoxy) is 1. The molecule has 1 atom stereocenters. The van der Waals surface area contributed by atoms with Gasteiger partial charge >= 0.3 is 0 Å². The fourth-order valence-electron chi connectivity index (χ4n) is 2.21. The smallest absolute Gasteiger partial charge is 0.136 e. The van der Waals surface area contributed by atoms with Crippen molar-refractivity contribution in [3.05, 3.63) is 23.4 Å². The molecule has 18 heavy (non-hydrogen) atoms. The van der Waals surface area contributed by atoms with E-state index in [0.717, 1.165) is 49.5 Å². The summed E-state index contributed by atoms with van der Waals surface area (Å²) in [7, 11) is 0. The molecule has 0 aromatic carbocycles. The van der Waals surface area contributed by atoms with Gasteiger partial charge in [0.15, 0.2) is 0 Å². The Hall–Kier alpha value is -1.20. The fourth-order valence-corrected chi connectivity index (χ4v) is 2.47. The predicted molar refractivity (Wildman–Crippen MR) is 76.9 cm³/mol. The third-order valence-corrected chi connectivity index (χ3v) is 3.48. The summed E-state index contributed by atoms with van der Waals surface area (Å²) in [6.45, 7) is 4.64. The van der Waals surface area contributed by atoms with E-state index in [1.165, 1.54) is 0 Å². The maximum atomic E-state index is 5.74. The number of aromatic nitrogens is 1. The zero-order chi connectivity index (χ0) is 13.0. The summed E-state index contributed by atoms with van der Waals surface area (Å²) < 4.78 is 5.36. The molecular formula is C13H19N3OS. The molecule has 1 aromatic heterocycles. The summed E-state index contributed by atoms with van der Waals surface area (Å²) in [5, 5.41) is 3.33. The molecule has 1 aliphatic heterocycles. The number of nitrogens with one attached hydrogen (secondary N) is 1. The van der Waals surface area contributed by atoms with E-state index in [0.29, 0.717) is 10.9 Å². The van der Waals surface area contributed by atoms with Gasteiger partial charge in [-0.3, -0.25) is 0 Å². The van der Waals surface area contributed by atoms with Crippen LogP contribution in [0.25, 0.3) is 0 Å². The third kappa shape index (κ3) is 3.17. The number of rotatable bonds is 5. The van der Waals surface area contributed by atoms with Gasteiger partial charge in [0.25, 0.3) is 0 Å². The van der Waals surface area contributed by atoms with Crippen LogP contribution in [-0.2, 0) is 4.74 Å². The first-order valence-electron chi connectivity index (χ1n) is 6.25. The number of pyridine rings is 1. The van der Waals surface area contributed by atoms with E-state index >= 15 is 0 Å². The van der Waals surface area contributed by atoms with Crippen molar-refractivity contribution in [2.75, 3.05) is 25.1 Å². The summed E-state index contributed by atoms with van der Waals surface area (Å²) in [5.74, 6) is 1.46. The number of hydrogen-bond acceptors (Lipinski definition) is 4. The molecule has 1 fully saturated rings. The van der Waals surface area contributed by atoms with Crippen molar-refractivity contribution < 1.29 is 4.74 Å². The van der Waals surface area contributed by atoms with Gasteiger partial charge in [-0.2, -0.15) is 0 Å². The van der Waals surface area contributed by atoms with E-state index in [1.54, 1.807) is 6.20 Å². The lowest BCUT2D eigenvalue weighted by Gasteiger charge is -2.13. The maximum Gasteiger partial charge on any atom is 0.136 e. The number of thiocarbonyl (C=S) groups is 1. The average molecular weight is 265 g/mol. The van der Waals surface area contributed by atoms with Crippen molar-refractivity contribution in [2.24, 2.45) is 11.7 Å². The number of hydrogen-bond donors (Lipinski definition) is 2. The van der Waals surface area contributed by atoms with Crippen LogP contribution in [0.5, 0.6) is 0 Å². The van der Waals surface area contributed by atoms with Crippen LogP contribution in [-0.4, -0.2) is 29.7 Å². The van der Waals surface area contributed by atoms with Gasteiger partial charge in [0.2, 0.25) is 0 Å². The lowest BCUT2D eigenvalue weighted by molar-refractivity contribution is 0.185. The largest absolute Gasteiger partial charge is 0.389 e. The first-order valence-corrected chi connectivity index (χ1v) is 6.66. The Labute approximate surface area is 113 Å². The fraction of sp³-hybridized carbons (Fsp3) is 0.538.